The number of carboxylic acids is 1. The average Bonchev–Trinajstić information content (AvgIpc) is 2.89. The fourth-order valence-corrected chi connectivity index (χ4v) is 3.30. The quantitative estimate of drug-likeness (QED) is 0.843. The van der Waals surface area contributed by atoms with Crippen LogP contribution >= 0.6 is 0 Å². The van der Waals surface area contributed by atoms with Crippen LogP contribution in [0.4, 0.5) is 0 Å². The van der Waals surface area contributed by atoms with Crippen molar-refractivity contribution < 1.29 is 9.90 Å². The van der Waals surface area contributed by atoms with E-state index in [-0.39, 0.29) is 5.41 Å². The minimum atomic E-state index is -0.637. The summed E-state index contributed by atoms with van der Waals surface area (Å²) in [4.78, 5) is 10.9. The summed E-state index contributed by atoms with van der Waals surface area (Å²) in [6.07, 6.45) is 4.82. The van der Waals surface area contributed by atoms with E-state index in [0.717, 1.165) is 25.7 Å². The highest BCUT2D eigenvalue weighted by atomic mass is 16.4. The smallest absolute Gasteiger partial charge is 0.303 e. The first-order valence-electron chi connectivity index (χ1n) is 6.01. The van der Waals surface area contributed by atoms with E-state index in [4.69, 9.17) is 5.11 Å². The van der Waals surface area contributed by atoms with Crippen molar-refractivity contribution in [2.24, 2.45) is 5.41 Å². The van der Waals surface area contributed by atoms with Gasteiger partial charge < -0.3 is 5.11 Å². The molecule has 1 unspecified atom stereocenters. The minimum Gasteiger partial charge on any atom is -0.481 e. The Balaban J connectivity index is 1.90. The second-order valence-electron chi connectivity index (χ2n) is 5.22. The fourth-order valence-electron chi connectivity index (χ4n) is 3.30. The van der Waals surface area contributed by atoms with Gasteiger partial charge in [0, 0.05) is 0 Å². The highest BCUT2D eigenvalue weighted by Crippen LogP contribution is 2.62. The van der Waals surface area contributed by atoms with E-state index in [9.17, 15) is 4.79 Å². The summed E-state index contributed by atoms with van der Waals surface area (Å²) in [5.74, 6) is -0.137. The molecule has 2 aliphatic rings. The number of fused-ring (bicyclic) bond motifs is 1. The molecule has 2 nitrogen and oxygen atoms in total. The number of aryl methyl sites for hydroxylation is 1. The van der Waals surface area contributed by atoms with Crippen LogP contribution in [-0.2, 0) is 11.2 Å². The molecule has 1 aromatic carbocycles. The predicted octanol–water partition coefficient (Wildman–Crippen LogP) is 2.97. The summed E-state index contributed by atoms with van der Waals surface area (Å²) in [5.41, 5.74) is 2.95. The van der Waals surface area contributed by atoms with Gasteiger partial charge in [-0.1, -0.05) is 24.3 Å². The van der Waals surface area contributed by atoms with Crippen LogP contribution in [0.1, 0.15) is 42.7 Å². The SMILES string of the molecule is O=C(O)CC1(C2CCc3ccccc32)CC1. The Hall–Kier alpha value is -1.31. The van der Waals surface area contributed by atoms with E-state index in [1.165, 1.54) is 11.1 Å². The van der Waals surface area contributed by atoms with Crippen LogP contribution in [-0.4, -0.2) is 11.1 Å². The maximum atomic E-state index is 10.9. The molecule has 0 amide bonds. The molecule has 2 heteroatoms. The topological polar surface area (TPSA) is 37.3 Å². The van der Waals surface area contributed by atoms with Crippen molar-refractivity contribution in [3.05, 3.63) is 35.4 Å². The van der Waals surface area contributed by atoms with Crippen LogP contribution in [0.5, 0.6) is 0 Å². The van der Waals surface area contributed by atoms with Gasteiger partial charge in [-0.05, 0) is 48.1 Å². The van der Waals surface area contributed by atoms with Crippen molar-refractivity contribution in [3.8, 4) is 0 Å². The van der Waals surface area contributed by atoms with Crippen LogP contribution < -0.4 is 0 Å². The van der Waals surface area contributed by atoms with Crippen molar-refractivity contribution in [1.29, 1.82) is 0 Å². The summed E-state index contributed by atoms with van der Waals surface area (Å²) in [6, 6.07) is 8.53. The van der Waals surface area contributed by atoms with E-state index in [0.29, 0.717) is 12.3 Å². The monoisotopic (exact) mass is 216 g/mol. The zero-order valence-corrected chi connectivity index (χ0v) is 9.28. The number of carbonyl (C=O) groups is 1. The Kier molecular flexibility index (Phi) is 2.06. The summed E-state index contributed by atoms with van der Waals surface area (Å²) >= 11 is 0. The van der Waals surface area contributed by atoms with Gasteiger partial charge in [-0.15, -0.1) is 0 Å². The van der Waals surface area contributed by atoms with Crippen molar-refractivity contribution in [3.63, 3.8) is 0 Å². The van der Waals surface area contributed by atoms with Gasteiger partial charge in [0.05, 0.1) is 6.42 Å². The third kappa shape index (κ3) is 1.44. The second kappa shape index (κ2) is 3.34. The molecule has 1 saturated carbocycles. The molecule has 0 aliphatic heterocycles. The minimum absolute atomic E-state index is 0.0957. The van der Waals surface area contributed by atoms with Gasteiger partial charge in [-0.25, -0.2) is 0 Å². The zero-order chi connectivity index (χ0) is 11.2. The predicted molar refractivity (Wildman–Crippen MR) is 61.4 cm³/mol. The maximum Gasteiger partial charge on any atom is 0.303 e. The molecule has 0 bridgehead atoms. The average molecular weight is 216 g/mol. The third-order valence-corrected chi connectivity index (χ3v) is 4.27. The zero-order valence-electron chi connectivity index (χ0n) is 9.28. The molecule has 0 spiro atoms. The van der Waals surface area contributed by atoms with Crippen molar-refractivity contribution in [1.82, 2.24) is 0 Å². The lowest BCUT2D eigenvalue weighted by atomic mass is 9.82. The Labute approximate surface area is 95.3 Å². The second-order valence-corrected chi connectivity index (χ2v) is 5.22. The Morgan fingerprint density at radius 1 is 1.38 bits per heavy atom. The highest BCUT2D eigenvalue weighted by Gasteiger charge is 2.52. The van der Waals surface area contributed by atoms with Gasteiger partial charge >= 0.3 is 5.97 Å². The summed E-state index contributed by atoms with van der Waals surface area (Å²) in [5, 5.41) is 9.00. The van der Waals surface area contributed by atoms with Gasteiger partial charge in [0.15, 0.2) is 0 Å². The van der Waals surface area contributed by atoms with Crippen molar-refractivity contribution in [2.75, 3.05) is 0 Å². The largest absolute Gasteiger partial charge is 0.481 e. The van der Waals surface area contributed by atoms with E-state index in [2.05, 4.69) is 24.3 Å². The van der Waals surface area contributed by atoms with E-state index < -0.39 is 5.97 Å². The normalized spacial score (nSPS) is 25.1. The van der Waals surface area contributed by atoms with Crippen LogP contribution in [0.2, 0.25) is 0 Å². The molecule has 0 heterocycles. The molecule has 2 aliphatic carbocycles. The Morgan fingerprint density at radius 2 is 2.12 bits per heavy atom. The number of rotatable bonds is 3. The van der Waals surface area contributed by atoms with Crippen LogP contribution in [0, 0.1) is 5.41 Å². The fraction of sp³-hybridized carbons (Fsp3) is 0.500. The van der Waals surface area contributed by atoms with Crippen molar-refractivity contribution in [2.45, 2.75) is 38.0 Å². The molecule has 1 aromatic rings. The maximum absolute atomic E-state index is 10.9. The molecular formula is C14H16O2. The first kappa shape index (κ1) is 9.88. The molecule has 16 heavy (non-hydrogen) atoms. The van der Waals surface area contributed by atoms with Gasteiger partial charge in [-0.2, -0.15) is 0 Å². The molecule has 0 aromatic heterocycles. The molecular weight excluding hydrogens is 200 g/mol. The number of aliphatic carboxylic acids is 1. The first-order chi connectivity index (χ1) is 7.71. The van der Waals surface area contributed by atoms with E-state index in [1.54, 1.807) is 0 Å². The highest BCUT2D eigenvalue weighted by molar-refractivity contribution is 5.68. The Bertz CT molecular complexity index is 432. The van der Waals surface area contributed by atoms with Crippen LogP contribution in [0.25, 0.3) is 0 Å². The van der Waals surface area contributed by atoms with Gasteiger partial charge in [0.25, 0.3) is 0 Å². The third-order valence-electron chi connectivity index (χ3n) is 4.27. The molecule has 1 N–H and O–H groups in total. The lowest BCUT2D eigenvalue weighted by Gasteiger charge is -2.22. The van der Waals surface area contributed by atoms with Crippen LogP contribution in [0.3, 0.4) is 0 Å². The number of hydrogen-bond donors (Lipinski definition) is 1. The van der Waals surface area contributed by atoms with E-state index >= 15 is 0 Å². The summed E-state index contributed by atoms with van der Waals surface area (Å²) < 4.78 is 0. The summed E-state index contributed by atoms with van der Waals surface area (Å²) in [6.45, 7) is 0. The lowest BCUT2D eigenvalue weighted by molar-refractivity contribution is -0.138. The molecule has 0 saturated heterocycles. The van der Waals surface area contributed by atoms with Gasteiger partial charge in [0.1, 0.15) is 0 Å². The van der Waals surface area contributed by atoms with Crippen molar-refractivity contribution >= 4 is 5.97 Å². The molecule has 1 fully saturated rings. The van der Waals surface area contributed by atoms with Gasteiger partial charge in [-0.3, -0.25) is 4.79 Å². The van der Waals surface area contributed by atoms with E-state index in [1.807, 2.05) is 0 Å². The van der Waals surface area contributed by atoms with Crippen LogP contribution in [0.15, 0.2) is 24.3 Å². The number of hydrogen-bond acceptors (Lipinski definition) is 1. The van der Waals surface area contributed by atoms with Gasteiger partial charge in [0.2, 0.25) is 0 Å². The first-order valence-corrected chi connectivity index (χ1v) is 6.01. The molecule has 3 rings (SSSR count). The molecule has 1 atom stereocenters. The Morgan fingerprint density at radius 3 is 2.81 bits per heavy atom. The molecule has 84 valence electrons. The number of carboxylic acid groups (broad SMARTS) is 1. The lowest BCUT2D eigenvalue weighted by Crippen LogP contribution is -2.16. The number of benzene rings is 1. The summed E-state index contributed by atoms with van der Waals surface area (Å²) in [7, 11) is 0. The standard InChI is InChI=1S/C14H16O2/c15-13(16)9-14(7-8-14)12-6-5-10-3-1-2-4-11(10)12/h1-4,12H,5-9H2,(H,15,16). The molecule has 0 radical (unpaired) electrons.